The maximum Gasteiger partial charge on any atom is 0.279 e. The van der Waals surface area contributed by atoms with Crippen molar-refractivity contribution in [3.05, 3.63) is 58.0 Å². The summed E-state index contributed by atoms with van der Waals surface area (Å²) in [4.78, 5) is 15.8. The van der Waals surface area contributed by atoms with Gasteiger partial charge in [0, 0.05) is 6.42 Å². The third-order valence-corrected chi connectivity index (χ3v) is 3.39. The van der Waals surface area contributed by atoms with Gasteiger partial charge >= 0.3 is 0 Å². The molecule has 0 atom stereocenters. The number of benzene rings is 1. The molecule has 3 rings (SSSR count). The van der Waals surface area contributed by atoms with E-state index < -0.39 is 0 Å². The minimum absolute atomic E-state index is 0.253. The minimum atomic E-state index is -0.253. The zero-order valence-electron chi connectivity index (χ0n) is 11.9. The van der Waals surface area contributed by atoms with E-state index >= 15 is 0 Å². The van der Waals surface area contributed by atoms with Gasteiger partial charge in [-0.2, -0.15) is 14.9 Å². The van der Waals surface area contributed by atoms with Gasteiger partial charge in [-0.25, -0.2) is 0 Å². The Hall–Kier alpha value is -3.31. The molecule has 106 valence electrons. The fraction of sp³-hybridized carbons (Fsp3) is 0.118. The van der Waals surface area contributed by atoms with Crippen LogP contribution in [0.2, 0.25) is 0 Å². The van der Waals surface area contributed by atoms with Crippen LogP contribution in [0.15, 0.2) is 41.3 Å². The number of aromatic amines is 1. The normalized spacial score (nSPS) is 10.0. The van der Waals surface area contributed by atoms with Gasteiger partial charge in [-0.15, -0.1) is 5.92 Å². The molecule has 0 aliphatic heterocycles. The molecular weight excluding hydrogens is 276 g/mol. The van der Waals surface area contributed by atoms with Crippen molar-refractivity contribution in [1.29, 1.82) is 5.26 Å². The van der Waals surface area contributed by atoms with Crippen LogP contribution in [0.1, 0.15) is 18.1 Å². The first-order chi connectivity index (χ1) is 10.8. The first-order valence-corrected chi connectivity index (χ1v) is 6.74. The van der Waals surface area contributed by atoms with Crippen LogP contribution in [0, 0.1) is 23.2 Å². The van der Waals surface area contributed by atoms with Crippen LogP contribution in [-0.2, 0) is 6.42 Å². The topological polar surface area (TPSA) is 73.9 Å². The van der Waals surface area contributed by atoms with Gasteiger partial charge in [-0.3, -0.25) is 4.79 Å². The van der Waals surface area contributed by atoms with Crippen LogP contribution in [0.3, 0.4) is 0 Å². The molecule has 0 aliphatic rings. The summed E-state index contributed by atoms with van der Waals surface area (Å²) >= 11 is 0. The van der Waals surface area contributed by atoms with Gasteiger partial charge in [0.25, 0.3) is 5.56 Å². The largest absolute Gasteiger partial charge is 0.338 e. The lowest BCUT2D eigenvalue weighted by Gasteiger charge is -2.08. The summed E-state index contributed by atoms with van der Waals surface area (Å²) in [5, 5.41) is 13.1. The molecule has 2 heterocycles. The zero-order chi connectivity index (χ0) is 15.5. The number of nitriles is 1. The van der Waals surface area contributed by atoms with Crippen molar-refractivity contribution in [3.63, 3.8) is 0 Å². The van der Waals surface area contributed by atoms with Crippen molar-refractivity contribution in [2.24, 2.45) is 0 Å². The quantitative estimate of drug-likeness (QED) is 0.734. The summed E-state index contributed by atoms with van der Waals surface area (Å²) in [5.41, 5.74) is 2.58. The molecule has 0 aliphatic carbocycles. The molecule has 0 fully saturated rings. The molecule has 5 heteroatoms. The number of nitrogens with zero attached hydrogens (tertiary/aromatic N) is 3. The van der Waals surface area contributed by atoms with Gasteiger partial charge in [0.15, 0.2) is 5.65 Å². The number of nitrogens with one attached hydrogen (secondary N) is 1. The Kier molecular flexibility index (Phi) is 3.47. The molecule has 3 aromatic rings. The Morgan fingerprint density at radius 2 is 2.09 bits per heavy atom. The average Bonchev–Trinajstić information content (AvgIpc) is 2.98. The minimum Gasteiger partial charge on any atom is -0.338 e. The smallest absolute Gasteiger partial charge is 0.279 e. The molecule has 2 aromatic heterocycles. The summed E-state index contributed by atoms with van der Waals surface area (Å²) in [7, 11) is 0. The lowest BCUT2D eigenvalue weighted by atomic mass is 10.0. The van der Waals surface area contributed by atoms with Gasteiger partial charge in [-0.05, 0) is 12.5 Å². The molecule has 1 aromatic carbocycles. The molecule has 22 heavy (non-hydrogen) atoms. The molecule has 0 saturated heterocycles. The van der Waals surface area contributed by atoms with Crippen molar-refractivity contribution < 1.29 is 0 Å². The molecule has 0 amide bonds. The number of hydrogen-bond donors (Lipinski definition) is 1. The third-order valence-electron chi connectivity index (χ3n) is 3.39. The number of rotatable bonds is 2. The fourth-order valence-electron chi connectivity index (χ4n) is 2.33. The average molecular weight is 288 g/mol. The van der Waals surface area contributed by atoms with Crippen LogP contribution >= 0.6 is 0 Å². The summed E-state index contributed by atoms with van der Waals surface area (Å²) in [6, 6.07) is 11.6. The first-order valence-electron chi connectivity index (χ1n) is 6.74. The Balaban J connectivity index is 2.38. The number of H-pyrrole nitrogens is 1. The predicted molar refractivity (Wildman–Crippen MR) is 83.1 cm³/mol. The standard InChI is InChI=1S/C17H12N4O/c1-2-3-9-14-15(12-7-5-4-6-8-12)20-16-13(10-18)11-19-21(16)17(14)22/h4-8,11,20H,9H2,1H3. The molecule has 1 N–H and O–H groups in total. The van der Waals surface area contributed by atoms with E-state index in [4.69, 9.17) is 5.26 Å². The van der Waals surface area contributed by atoms with Gasteiger partial charge in [0.05, 0.1) is 17.5 Å². The number of hydrogen-bond acceptors (Lipinski definition) is 3. The monoisotopic (exact) mass is 288 g/mol. The maximum atomic E-state index is 12.7. The number of aromatic nitrogens is 3. The molecule has 0 saturated carbocycles. The van der Waals surface area contributed by atoms with E-state index in [0.29, 0.717) is 28.9 Å². The summed E-state index contributed by atoms with van der Waals surface area (Å²) in [6.07, 6.45) is 1.71. The second-order valence-corrected chi connectivity index (χ2v) is 4.68. The second kappa shape index (κ2) is 5.59. The third kappa shape index (κ3) is 2.15. The Labute approximate surface area is 126 Å². The van der Waals surface area contributed by atoms with Crippen LogP contribution in [0.25, 0.3) is 16.9 Å². The Morgan fingerprint density at radius 1 is 1.32 bits per heavy atom. The van der Waals surface area contributed by atoms with Gasteiger partial charge in [0.2, 0.25) is 0 Å². The van der Waals surface area contributed by atoms with E-state index in [1.807, 2.05) is 36.4 Å². The SMILES string of the molecule is CC#CCc1c(-c2ccccc2)[nH]c2c(C#N)cnn2c1=O. The van der Waals surface area contributed by atoms with E-state index in [2.05, 4.69) is 21.9 Å². The maximum absolute atomic E-state index is 12.7. The van der Waals surface area contributed by atoms with Crippen LogP contribution in [0.4, 0.5) is 0 Å². The van der Waals surface area contributed by atoms with Crippen molar-refractivity contribution in [3.8, 4) is 29.2 Å². The van der Waals surface area contributed by atoms with E-state index in [0.717, 1.165) is 5.56 Å². The Bertz CT molecular complexity index is 995. The van der Waals surface area contributed by atoms with E-state index in [-0.39, 0.29) is 5.56 Å². The predicted octanol–water partition coefficient (Wildman–Crippen LogP) is 2.13. The summed E-state index contributed by atoms with van der Waals surface area (Å²) in [5.74, 6) is 5.73. The van der Waals surface area contributed by atoms with Gasteiger partial charge in [-0.1, -0.05) is 36.3 Å². The van der Waals surface area contributed by atoms with E-state index in [9.17, 15) is 4.79 Å². The van der Waals surface area contributed by atoms with Gasteiger partial charge < -0.3 is 4.98 Å². The second-order valence-electron chi connectivity index (χ2n) is 4.68. The fourth-order valence-corrected chi connectivity index (χ4v) is 2.33. The van der Waals surface area contributed by atoms with Crippen molar-refractivity contribution in [2.75, 3.05) is 0 Å². The van der Waals surface area contributed by atoms with Crippen molar-refractivity contribution >= 4 is 5.65 Å². The highest BCUT2D eigenvalue weighted by molar-refractivity contribution is 5.67. The molecule has 0 radical (unpaired) electrons. The zero-order valence-corrected chi connectivity index (χ0v) is 11.9. The first kappa shape index (κ1) is 13.7. The van der Waals surface area contributed by atoms with Crippen LogP contribution in [0.5, 0.6) is 0 Å². The van der Waals surface area contributed by atoms with Crippen molar-refractivity contribution in [1.82, 2.24) is 14.6 Å². The lowest BCUT2D eigenvalue weighted by molar-refractivity contribution is 0.881. The molecule has 0 bridgehead atoms. The molecular formula is C17H12N4O. The van der Waals surface area contributed by atoms with Crippen LogP contribution in [-0.4, -0.2) is 14.6 Å². The van der Waals surface area contributed by atoms with E-state index in [1.54, 1.807) is 6.92 Å². The van der Waals surface area contributed by atoms with Crippen LogP contribution < -0.4 is 5.56 Å². The molecule has 0 spiro atoms. The highest BCUT2D eigenvalue weighted by Gasteiger charge is 2.15. The molecule has 5 nitrogen and oxygen atoms in total. The summed E-state index contributed by atoms with van der Waals surface area (Å²) in [6.45, 7) is 1.73. The molecule has 0 unspecified atom stereocenters. The highest BCUT2D eigenvalue weighted by Crippen LogP contribution is 2.21. The summed E-state index contributed by atoms with van der Waals surface area (Å²) < 4.78 is 1.22. The lowest BCUT2D eigenvalue weighted by Crippen LogP contribution is -2.21. The Morgan fingerprint density at radius 3 is 2.77 bits per heavy atom. The van der Waals surface area contributed by atoms with E-state index in [1.165, 1.54) is 10.7 Å². The van der Waals surface area contributed by atoms with Gasteiger partial charge in [0.1, 0.15) is 11.6 Å². The number of fused-ring (bicyclic) bond motifs is 1. The highest BCUT2D eigenvalue weighted by atomic mass is 16.1. The van der Waals surface area contributed by atoms with Crippen molar-refractivity contribution in [2.45, 2.75) is 13.3 Å².